The van der Waals surface area contributed by atoms with Gasteiger partial charge in [-0.3, -0.25) is 4.79 Å². The second kappa shape index (κ2) is 2.61. The van der Waals surface area contributed by atoms with E-state index in [0.717, 1.165) is 6.42 Å². The quantitative estimate of drug-likeness (QED) is 0.546. The molecule has 2 heteroatoms. The van der Waals surface area contributed by atoms with Crippen molar-refractivity contribution in [3.05, 3.63) is 26.2 Å². The van der Waals surface area contributed by atoms with Crippen LogP contribution in [0.15, 0.2) is 0 Å². The van der Waals surface area contributed by atoms with E-state index in [2.05, 4.69) is 13.8 Å². The third-order valence-electron chi connectivity index (χ3n) is 0.328. The Bertz CT molecular complexity index is 66.5. The predicted octanol–water partition coefficient (Wildman–Crippen LogP) is 0.518. The average Bonchev–Trinajstić information content (AvgIpc) is 1.27. The Morgan fingerprint density at radius 3 is 2.00 bits per heavy atom. The molecule has 0 rings (SSSR count). The van der Waals surface area contributed by atoms with Crippen LogP contribution < -0.4 is 0 Å². The van der Waals surface area contributed by atoms with Gasteiger partial charge in [-0.1, -0.05) is 0 Å². The minimum Gasteiger partial charge on any atom is -0.481 e. The lowest BCUT2D eigenvalue weighted by atomic mass is 10.1. The lowest BCUT2D eigenvalue weighted by molar-refractivity contribution is -0.132. The van der Waals surface area contributed by atoms with E-state index in [1.165, 1.54) is 0 Å². The summed E-state index contributed by atoms with van der Waals surface area (Å²) in [5.74, 6) is -0.687. The number of rotatable bonds is 2. The van der Waals surface area contributed by atoms with Gasteiger partial charge >= 0.3 is 5.97 Å². The number of carboxylic acids is 1. The summed E-state index contributed by atoms with van der Waals surface area (Å²) in [7, 11) is 0. The molecule has 0 saturated heterocycles. The van der Waals surface area contributed by atoms with Gasteiger partial charge in [0.15, 0.2) is 0 Å². The highest BCUT2D eigenvalue weighted by Crippen LogP contribution is 1.96. The lowest BCUT2D eigenvalue weighted by Crippen LogP contribution is -1.99. The zero-order chi connectivity index (χ0) is 5.86. The summed E-state index contributed by atoms with van der Waals surface area (Å²) < 4.78 is 0. The highest BCUT2D eigenvalue weighted by molar-refractivity contribution is 5.80. The molecule has 7 heavy (non-hydrogen) atoms. The van der Waals surface area contributed by atoms with Gasteiger partial charge in [0, 0.05) is 0 Å². The van der Waals surface area contributed by atoms with Gasteiger partial charge < -0.3 is 5.11 Å². The Hall–Kier alpha value is -0.530. The summed E-state index contributed by atoms with van der Waals surface area (Å²) in [4.78, 5) is 9.65. The molecule has 0 fully saturated rings. The standard InChI is InChI=1S/C5H6O2/c1-4(2)3-5(6)7/h3H,1-2H2,(H,6,7). The molecule has 0 atom stereocenters. The molecule has 0 aliphatic rings. The maximum absolute atomic E-state index is 9.65. The van der Waals surface area contributed by atoms with Gasteiger partial charge in [-0.2, -0.15) is 0 Å². The van der Waals surface area contributed by atoms with Gasteiger partial charge in [0.2, 0.25) is 0 Å². The summed E-state index contributed by atoms with van der Waals surface area (Å²) in [5, 5.41) is 7.93. The fraction of sp³-hybridized carbons (Fsp3) is 0. The first-order valence-corrected chi connectivity index (χ1v) is 1.71. The summed E-state index contributed by atoms with van der Waals surface area (Å²) >= 11 is 0. The first-order chi connectivity index (χ1) is 3.13. The molecule has 0 spiro atoms. The molecule has 4 radical (unpaired) electrons. The van der Waals surface area contributed by atoms with Crippen molar-refractivity contribution < 1.29 is 9.90 Å². The van der Waals surface area contributed by atoms with Gasteiger partial charge in [0.25, 0.3) is 0 Å². The molecule has 0 aliphatic carbocycles. The van der Waals surface area contributed by atoms with E-state index in [9.17, 15) is 4.79 Å². The monoisotopic (exact) mass is 98.0 g/mol. The fourth-order valence-corrected chi connectivity index (χ4v) is 0.175. The third-order valence-corrected chi connectivity index (χ3v) is 0.328. The fourth-order valence-electron chi connectivity index (χ4n) is 0.175. The van der Waals surface area contributed by atoms with Crippen LogP contribution in [0.1, 0.15) is 0 Å². The van der Waals surface area contributed by atoms with E-state index in [1.54, 1.807) is 0 Å². The van der Waals surface area contributed by atoms with Crippen LogP contribution in [0.5, 0.6) is 0 Å². The van der Waals surface area contributed by atoms with Crippen LogP contribution in [0.4, 0.5) is 0 Å². The van der Waals surface area contributed by atoms with E-state index in [0.29, 0.717) is 5.92 Å². The Morgan fingerprint density at radius 2 is 2.00 bits per heavy atom. The van der Waals surface area contributed by atoms with Crippen LogP contribution >= 0.6 is 0 Å². The topological polar surface area (TPSA) is 37.3 Å². The highest BCUT2D eigenvalue weighted by Gasteiger charge is 2.00. The number of hydrogen-bond acceptors (Lipinski definition) is 1. The van der Waals surface area contributed by atoms with E-state index in [-0.39, 0.29) is 0 Å². The van der Waals surface area contributed by atoms with Crippen LogP contribution in [0.25, 0.3) is 0 Å². The molecule has 0 amide bonds. The van der Waals surface area contributed by atoms with Crippen molar-refractivity contribution in [2.45, 2.75) is 0 Å². The van der Waals surface area contributed by atoms with Crippen LogP contribution in [0, 0.1) is 26.2 Å². The Labute approximate surface area is 43.2 Å². The lowest BCUT2D eigenvalue weighted by Gasteiger charge is -1.92. The van der Waals surface area contributed by atoms with Gasteiger partial charge in [0.1, 0.15) is 0 Å². The van der Waals surface area contributed by atoms with E-state index < -0.39 is 5.97 Å². The Kier molecular flexibility index (Phi) is 2.41. The molecule has 38 valence electrons. The molecule has 0 unspecified atom stereocenters. The molecule has 0 aromatic rings. The zero-order valence-corrected chi connectivity index (χ0v) is 3.85. The first kappa shape index (κ1) is 6.47. The smallest absolute Gasteiger partial charge is 0.307 e. The molecular weight excluding hydrogens is 92.1 g/mol. The molecule has 0 bridgehead atoms. The Balaban J connectivity index is 3.13. The summed E-state index contributed by atoms with van der Waals surface area (Å²) in [6.45, 7) is 6.50. The van der Waals surface area contributed by atoms with Crippen molar-refractivity contribution in [1.29, 1.82) is 0 Å². The number of hydrogen-bond donors (Lipinski definition) is 1. The molecule has 1 N–H and O–H groups in total. The SMILES string of the molecule is [CH2][C]([CH2])[CH]C(=O)O. The van der Waals surface area contributed by atoms with Gasteiger partial charge in [-0.25, -0.2) is 0 Å². The summed E-state index contributed by atoms with van der Waals surface area (Å²) in [6, 6.07) is 0. The van der Waals surface area contributed by atoms with E-state index in [1.807, 2.05) is 0 Å². The number of carbonyl (C=O) groups is 1. The molecular formula is C5H6O2. The average molecular weight is 98.1 g/mol. The zero-order valence-electron chi connectivity index (χ0n) is 3.85. The van der Waals surface area contributed by atoms with Crippen molar-refractivity contribution in [2.75, 3.05) is 0 Å². The van der Waals surface area contributed by atoms with Crippen molar-refractivity contribution in [1.82, 2.24) is 0 Å². The van der Waals surface area contributed by atoms with Gasteiger partial charge in [0.05, 0.1) is 6.42 Å². The number of carboxylic acid groups (broad SMARTS) is 1. The Morgan fingerprint density at radius 1 is 1.57 bits per heavy atom. The highest BCUT2D eigenvalue weighted by atomic mass is 16.4. The van der Waals surface area contributed by atoms with E-state index >= 15 is 0 Å². The van der Waals surface area contributed by atoms with E-state index in [4.69, 9.17) is 5.11 Å². The minimum absolute atomic E-state index is 0.313. The van der Waals surface area contributed by atoms with Gasteiger partial charge in [-0.05, 0) is 19.8 Å². The molecule has 0 aromatic carbocycles. The molecule has 2 nitrogen and oxygen atoms in total. The maximum Gasteiger partial charge on any atom is 0.307 e. The molecule has 0 aromatic heterocycles. The van der Waals surface area contributed by atoms with Crippen molar-refractivity contribution in [2.24, 2.45) is 0 Å². The number of aliphatic carboxylic acids is 1. The summed E-state index contributed by atoms with van der Waals surface area (Å²) in [6.07, 6.45) is 0.944. The van der Waals surface area contributed by atoms with Crippen molar-refractivity contribution in [3.63, 3.8) is 0 Å². The molecule has 0 aliphatic heterocycles. The second-order valence-electron chi connectivity index (χ2n) is 1.14. The van der Waals surface area contributed by atoms with Crippen LogP contribution in [-0.4, -0.2) is 11.1 Å². The molecule has 0 saturated carbocycles. The maximum atomic E-state index is 9.65. The van der Waals surface area contributed by atoms with Crippen LogP contribution in [0.2, 0.25) is 0 Å². The normalized spacial score (nSPS) is 9.57. The van der Waals surface area contributed by atoms with Crippen molar-refractivity contribution >= 4 is 5.97 Å². The predicted molar refractivity (Wildman–Crippen MR) is 25.9 cm³/mol. The third kappa shape index (κ3) is 5.47. The largest absolute Gasteiger partial charge is 0.481 e. The second-order valence-corrected chi connectivity index (χ2v) is 1.14. The summed E-state index contributed by atoms with van der Waals surface area (Å²) in [5.41, 5.74) is 0. The first-order valence-electron chi connectivity index (χ1n) is 1.71. The minimum atomic E-state index is -1.000. The van der Waals surface area contributed by atoms with Crippen LogP contribution in [-0.2, 0) is 4.79 Å². The van der Waals surface area contributed by atoms with Gasteiger partial charge in [-0.15, -0.1) is 0 Å². The van der Waals surface area contributed by atoms with Crippen LogP contribution in [0.3, 0.4) is 0 Å². The van der Waals surface area contributed by atoms with Crippen molar-refractivity contribution in [3.8, 4) is 0 Å². The molecule has 0 heterocycles.